The molecule has 0 atom stereocenters. The largest absolute Gasteiger partial charge is 0.497 e. The number of nitro groups is 1. The number of methoxy groups -OCH3 is 1. The summed E-state index contributed by atoms with van der Waals surface area (Å²) < 4.78 is 6.23. The monoisotopic (exact) mass is 372 g/mol. The standard InChI is InChI=1S/C18H20N4O5/c1-27-16-5-2-14(3-6-16)19-8-10-20(11-9-19)18(24)13-21-12-15(22(25)26)4-7-17(21)23/h2-7,12H,8-11,13H2,1H3. The Labute approximate surface area is 155 Å². The lowest BCUT2D eigenvalue weighted by atomic mass is 10.2. The summed E-state index contributed by atoms with van der Waals surface area (Å²) >= 11 is 0. The normalized spacial score (nSPS) is 14.1. The fraction of sp³-hybridized carbons (Fsp3) is 0.333. The van der Waals surface area contributed by atoms with Crippen LogP contribution in [0.15, 0.2) is 47.4 Å². The Morgan fingerprint density at radius 3 is 2.37 bits per heavy atom. The van der Waals surface area contributed by atoms with Crippen molar-refractivity contribution in [1.82, 2.24) is 9.47 Å². The molecule has 142 valence electrons. The van der Waals surface area contributed by atoms with Crippen LogP contribution >= 0.6 is 0 Å². The summed E-state index contributed by atoms with van der Waals surface area (Å²) in [6.07, 6.45) is 1.10. The highest BCUT2D eigenvalue weighted by Crippen LogP contribution is 2.20. The molecule has 1 fully saturated rings. The number of anilines is 1. The zero-order valence-corrected chi connectivity index (χ0v) is 14.9. The van der Waals surface area contributed by atoms with E-state index in [1.54, 1.807) is 12.0 Å². The summed E-state index contributed by atoms with van der Waals surface area (Å²) in [7, 11) is 1.62. The third-order valence-corrected chi connectivity index (χ3v) is 4.55. The number of pyridine rings is 1. The molecule has 0 spiro atoms. The Morgan fingerprint density at radius 2 is 1.78 bits per heavy atom. The van der Waals surface area contributed by atoms with E-state index in [9.17, 15) is 19.7 Å². The van der Waals surface area contributed by atoms with Crippen LogP contribution in [-0.4, -0.2) is 53.6 Å². The molecule has 1 amide bonds. The van der Waals surface area contributed by atoms with Gasteiger partial charge in [-0.15, -0.1) is 0 Å². The summed E-state index contributed by atoms with van der Waals surface area (Å²) in [5.41, 5.74) is 0.398. The molecule has 0 saturated carbocycles. The predicted molar refractivity (Wildman–Crippen MR) is 99.1 cm³/mol. The number of aromatic nitrogens is 1. The Hall–Kier alpha value is -3.36. The minimum atomic E-state index is -0.589. The number of ether oxygens (including phenoxy) is 1. The van der Waals surface area contributed by atoms with Crippen molar-refractivity contribution in [2.75, 3.05) is 38.2 Å². The van der Waals surface area contributed by atoms with Crippen molar-refractivity contribution in [3.8, 4) is 5.75 Å². The molecule has 0 radical (unpaired) electrons. The van der Waals surface area contributed by atoms with Crippen LogP contribution in [0.4, 0.5) is 11.4 Å². The quantitative estimate of drug-likeness (QED) is 0.576. The lowest BCUT2D eigenvalue weighted by Crippen LogP contribution is -2.50. The van der Waals surface area contributed by atoms with Crippen LogP contribution in [0.3, 0.4) is 0 Å². The highest BCUT2D eigenvalue weighted by atomic mass is 16.6. The average Bonchev–Trinajstić information content (AvgIpc) is 2.69. The second-order valence-electron chi connectivity index (χ2n) is 6.18. The fourth-order valence-electron chi connectivity index (χ4n) is 3.00. The highest BCUT2D eigenvalue weighted by Gasteiger charge is 2.22. The molecule has 0 N–H and O–H groups in total. The number of carbonyl (C=O) groups excluding carboxylic acids is 1. The van der Waals surface area contributed by atoms with Gasteiger partial charge in [0.15, 0.2) is 0 Å². The van der Waals surface area contributed by atoms with Crippen molar-refractivity contribution >= 4 is 17.3 Å². The zero-order chi connectivity index (χ0) is 19.4. The third kappa shape index (κ3) is 4.25. The van der Waals surface area contributed by atoms with Gasteiger partial charge < -0.3 is 14.5 Å². The van der Waals surface area contributed by atoms with Crippen LogP contribution in [0.2, 0.25) is 0 Å². The van der Waals surface area contributed by atoms with Gasteiger partial charge in [0.25, 0.3) is 11.2 Å². The molecule has 1 aromatic heterocycles. The maximum atomic E-state index is 12.5. The number of hydrogen-bond donors (Lipinski definition) is 0. The number of carbonyl (C=O) groups is 1. The Morgan fingerprint density at radius 1 is 1.11 bits per heavy atom. The molecule has 0 bridgehead atoms. The SMILES string of the molecule is COc1ccc(N2CCN(C(=O)Cn3cc([N+](=O)[O-])ccc3=O)CC2)cc1. The van der Waals surface area contributed by atoms with Gasteiger partial charge in [0.2, 0.25) is 5.91 Å². The van der Waals surface area contributed by atoms with Gasteiger partial charge in [0, 0.05) is 44.0 Å². The highest BCUT2D eigenvalue weighted by molar-refractivity contribution is 5.76. The van der Waals surface area contributed by atoms with Crippen molar-refractivity contribution in [2.24, 2.45) is 0 Å². The molecule has 9 nitrogen and oxygen atoms in total. The number of rotatable bonds is 5. The topological polar surface area (TPSA) is 97.9 Å². The summed E-state index contributed by atoms with van der Waals surface area (Å²) in [6.45, 7) is 2.18. The lowest BCUT2D eigenvalue weighted by molar-refractivity contribution is -0.385. The van der Waals surface area contributed by atoms with Gasteiger partial charge >= 0.3 is 0 Å². The molecule has 1 saturated heterocycles. The van der Waals surface area contributed by atoms with Crippen molar-refractivity contribution in [2.45, 2.75) is 6.54 Å². The zero-order valence-electron chi connectivity index (χ0n) is 14.9. The summed E-state index contributed by atoms with van der Waals surface area (Å²) in [5, 5.41) is 10.8. The lowest BCUT2D eigenvalue weighted by Gasteiger charge is -2.36. The minimum absolute atomic E-state index is 0.205. The van der Waals surface area contributed by atoms with Crippen LogP contribution < -0.4 is 15.2 Å². The molecule has 1 aliphatic heterocycles. The first-order chi connectivity index (χ1) is 13.0. The molecule has 1 aliphatic rings. The molecule has 0 aliphatic carbocycles. The summed E-state index contributed by atoms with van der Waals surface area (Å²) in [5.74, 6) is 0.557. The van der Waals surface area contributed by atoms with Crippen molar-refractivity contribution < 1.29 is 14.5 Å². The van der Waals surface area contributed by atoms with Crippen molar-refractivity contribution in [3.05, 3.63) is 63.1 Å². The van der Waals surface area contributed by atoms with E-state index in [4.69, 9.17) is 4.74 Å². The Bertz CT molecular complexity index is 885. The van der Waals surface area contributed by atoms with E-state index in [2.05, 4.69) is 4.90 Å². The van der Waals surface area contributed by atoms with Crippen molar-refractivity contribution in [3.63, 3.8) is 0 Å². The molecule has 9 heteroatoms. The van der Waals surface area contributed by atoms with Gasteiger partial charge in [-0.2, -0.15) is 0 Å². The first-order valence-electron chi connectivity index (χ1n) is 8.49. The maximum Gasteiger partial charge on any atom is 0.285 e. The van der Waals surface area contributed by atoms with Crippen LogP contribution in [0.5, 0.6) is 5.75 Å². The second kappa shape index (κ2) is 7.90. The van der Waals surface area contributed by atoms with Gasteiger partial charge in [0.05, 0.1) is 18.2 Å². The molecular formula is C18H20N4O5. The van der Waals surface area contributed by atoms with E-state index in [1.165, 1.54) is 0 Å². The first kappa shape index (κ1) is 18.4. The maximum absolute atomic E-state index is 12.5. The molecule has 1 aromatic carbocycles. The van der Waals surface area contributed by atoms with E-state index in [0.29, 0.717) is 26.2 Å². The van der Waals surface area contributed by atoms with E-state index < -0.39 is 10.5 Å². The first-order valence-corrected chi connectivity index (χ1v) is 8.49. The Kier molecular flexibility index (Phi) is 5.39. The number of benzene rings is 1. The summed E-state index contributed by atoms with van der Waals surface area (Å²) in [4.78, 5) is 38.4. The Balaban J connectivity index is 1.61. The number of piperazine rings is 1. The van der Waals surface area contributed by atoms with Crippen LogP contribution in [0, 0.1) is 10.1 Å². The van der Waals surface area contributed by atoms with Gasteiger partial charge in [-0.3, -0.25) is 24.3 Å². The van der Waals surface area contributed by atoms with Gasteiger partial charge in [-0.05, 0) is 24.3 Å². The van der Waals surface area contributed by atoms with E-state index in [-0.39, 0.29) is 18.1 Å². The fourth-order valence-corrected chi connectivity index (χ4v) is 3.00. The smallest absolute Gasteiger partial charge is 0.285 e. The van der Waals surface area contributed by atoms with Crippen LogP contribution in [0.25, 0.3) is 0 Å². The summed E-state index contributed by atoms with van der Waals surface area (Å²) in [6, 6.07) is 9.96. The van der Waals surface area contributed by atoms with E-state index in [0.717, 1.165) is 34.3 Å². The predicted octanol–water partition coefficient (Wildman–Crippen LogP) is 1.11. The minimum Gasteiger partial charge on any atom is -0.497 e. The number of nitrogens with zero attached hydrogens (tertiary/aromatic N) is 4. The van der Waals surface area contributed by atoms with Crippen LogP contribution in [0.1, 0.15) is 0 Å². The van der Waals surface area contributed by atoms with Gasteiger partial charge in [-0.25, -0.2) is 0 Å². The van der Waals surface area contributed by atoms with Crippen molar-refractivity contribution in [1.29, 1.82) is 0 Å². The molecule has 2 heterocycles. The third-order valence-electron chi connectivity index (χ3n) is 4.55. The molecule has 27 heavy (non-hydrogen) atoms. The van der Waals surface area contributed by atoms with E-state index >= 15 is 0 Å². The van der Waals surface area contributed by atoms with Gasteiger partial charge in [-0.1, -0.05) is 0 Å². The molecule has 3 rings (SSSR count). The molecule has 2 aromatic rings. The van der Waals surface area contributed by atoms with E-state index in [1.807, 2.05) is 24.3 Å². The number of amides is 1. The number of hydrogen-bond acceptors (Lipinski definition) is 6. The van der Waals surface area contributed by atoms with Crippen LogP contribution in [-0.2, 0) is 11.3 Å². The average molecular weight is 372 g/mol. The van der Waals surface area contributed by atoms with Gasteiger partial charge in [0.1, 0.15) is 12.3 Å². The second-order valence-corrected chi connectivity index (χ2v) is 6.18. The molecule has 0 unspecified atom stereocenters. The molecular weight excluding hydrogens is 352 g/mol.